The molecule has 0 aliphatic carbocycles. The first kappa shape index (κ1) is 14.3. The Morgan fingerprint density at radius 3 is 2.45 bits per heavy atom. The van der Waals surface area contributed by atoms with Crippen LogP contribution >= 0.6 is 0 Å². The Balaban J connectivity index is 2.46. The van der Waals surface area contributed by atoms with Crippen LogP contribution < -0.4 is 4.90 Å². The fourth-order valence-corrected chi connectivity index (χ4v) is 2.09. The lowest BCUT2D eigenvalue weighted by Crippen LogP contribution is -2.52. The van der Waals surface area contributed by atoms with Gasteiger partial charge in [-0.25, -0.2) is 13.6 Å². The molecule has 1 amide bonds. The summed E-state index contributed by atoms with van der Waals surface area (Å²) in [5.41, 5.74) is 0.267. The fraction of sp³-hybridized carbons (Fsp3) is 0.333. The molecular formula is C12H9F4NO3. The molecule has 1 atom stereocenters. The average molecular weight is 291 g/mol. The Labute approximate surface area is 110 Å². The molecule has 1 aromatic rings. The summed E-state index contributed by atoms with van der Waals surface area (Å²) < 4.78 is 50.9. The van der Waals surface area contributed by atoms with Gasteiger partial charge in [-0.1, -0.05) is 18.2 Å². The van der Waals surface area contributed by atoms with Crippen molar-refractivity contribution in [3.8, 4) is 0 Å². The minimum absolute atomic E-state index is 0.0785. The van der Waals surface area contributed by atoms with E-state index in [-0.39, 0.29) is 17.0 Å². The van der Waals surface area contributed by atoms with Gasteiger partial charge in [0.2, 0.25) is 0 Å². The van der Waals surface area contributed by atoms with Crippen LogP contribution in [0, 0.1) is 0 Å². The molecule has 0 fully saturated rings. The molecular weight excluding hydrogens is 282 g/mol. The number of carbonyl (C=O) groups excluding carboxylic acids is 1. The molecule has 0 aromatic heterocycles. The first-order valence-electron chi connectivity index (χ1n) is 5.57. The number of carboxylic acids is 1. The summed E-state index contributed by atoms with van der Waals surface area (Å²) in [6.07, 6.45) is -4.39. The molecule has 8 heteroatoms. The van der Waals surface area contributed by atoms with Crippen molar-refractivity contribution in [1.82, 2.24) is 0 Å². The Kier molecular flexibility index (Phi) is 3.41. The first-order chi connectivity index (χ1) is 9.26. The second kappa shape index (κ2) is 4.77. The molecule has 108 valence electrons. The van der Waals surface area contributed by atoms with Crippen LogP contribution in [-0.2, 0) is 16.0 Å². The van der Waals surface area contributed by atoms with E-state index in [2.05, 4.69) is 0 Å². The molecule has 0 saturated heterocycles. The van der Waals surface area contributed by atoms with Crippen LogP contribution in [0.1, 0.15) is 5.56 Å². The van der Waals surface area contributed by atoms with Crippen molar-refractivity contribution < 1.29 is 32.3 Å². The summed E-state index contributed by atoms with van der Waals surface area (Å²) in [6, 6.07) is 4.04. The molecule has 1 unspecified atom stereocenters. The van der Waals surface area contributed by atoms with Crippen molar-refractivity contribution in [3.05, 3.63) is 29.8 Å². The van der Waals surface area contributed by atoms with Gasteiger partial charge in [0.05, 0.1) is 0 Å². The summed E-state index contributed by atoms with van der Waals surface area (Å²) in [4.78, 5) is 22.9. The zero-order chi connectivity index (χ0) is 15.1. The van der Waals surface area contributed by atoms with E-state index in [0.717, 1.165) is 0 Å². The lowest BCUT2D eigenvalue weighted by Gasteiger charge is -2.26. The summed E-state index contributed by atoms with van der Waals surface area (Å²) >= 11 is 0. The van der Waals surface area contributed by atoms with Gasteiger partial charge in [-0.2, -0.15) is 8.78 Å². The molecule has 1 aliphatic rings. The minimum Gasteiger partial charge on any atom is -0.480 e. The number of para-hydroxylation sites is 1. The van der Waals surface area contributed by atoms with Crippen LogP contribution in [0.3, 0.4) is 0 Å². The number of amides is 1. The third-order valence-electron chi connectivity index (χ3n) is 3.04. The Bertz CT molecular complexity index is 561. The number of hydrogen-bond acceptors (Lipinski definition) is 2. The number of carboxylic acid groups (broad SMARTS) is 1. The van der Waals surface area contributed by atoms with Crippen molar-refractivity contribution in [3.63, 3.8) is 0 Å². The average Bonchev–Trinajstić information content (AvgIpc) is 2.76. The smallest absolute Gasteiger partial charge is 0.384 e. The van der Waals surface area contributed by atoms with Crippen molar-refractivity contribution in [2.24, 2.45) is 0 Å². The number of alkyl halides is 4. The second-order valence-electron chi connectivity index (χ2n) is 4.29. The maximum atomic E-state index is 13.2. The molecule has 0 radical (unpaired) electrons. The second-order valence-corrected chi connectivity index (χ2v) is 4.29. The first-order valence-corrected chi connectivity index (χ1v) is 5.57. The molecule has 4 nitrogen and oxygen atoms in total. The largest absolute Gasteiger partial charge is 0.480 e. The molecule has 1 aromatic carbocycles. The number of anilines is 1. The number of rotatable bonds is 3. The van der Waals surface area contributed by atoms with Crippen molar-refractivity contribution in [1.29, 1.82) is 0 Å². The van der Waals surface area contributed by atoms with Gasteiger partial charge < -0.3 is 5.11 Å². The van der Waals surface area contributed by atoms with Gasteiger partial charge in [-0.3, -0.25) is 9.69 Å². The minimum atomic E-state index is -4.93. The maximum absolute atomic E-state index is 13.2. The number of benzene rings is 1. The number of nitrogens with zero attached hydrogens (tertiary/aromatic N) is 1. The van der Waals surface area contributed by atoms with Gasteiger partial charge in [-0.15, -0.1) is 0 Å². The zero-order valence-corrected chi connectivity index (χ0v) is 9.89. The van der Waals surface area contributed by atoms with Crippen LogP contribution in [0.4, 0.5) is 23.2 Å². The number of carbonyl (C=O) groups is 2. The van der Waals surface area contributed by atoms with E-state index in [1.54, 1.807) is 0 Å². The monoisotopic (exact) mass is 291 g/mol. The number of fused-ring (bicyclic) bond motifs is 1. The van der Waals surface area contributed by atoms with E-state index in [0.29, 0.717) is 5.56 Å². The Morgan fingerprint density at radius 1 is 1.30 bits per heavy atom. The molecule has 0 spiro atoms. The highest BCUT2D eigenvalue weighted by Gasteiger charge is 2.55. The lowest BCUT2D eigenvalue weighted by atomic mass is 10.1. The highest BCUT2D eigenvalue weighted by molar-refractivity contribution is 6.05. The Hall–Kier alpha value is -2.12. The van der Waals surface area contributed by atoms with Crippen LogP contribution in [0.2, 0.25) is 0 Å². The van der Waals surface area contributed by atoms with E-state index < -0.39 is 30.3 Å². The molecule has 0 saturated carbocycles. The van der Waals surface area contributed by atoms with Gasteiger partial charge >= 0.3 is 24.2 Å². The summed E-state index contributed by atoms with van der Waals surface area (Å²) in [5.74, 6) is -8.66. The molecule has 2 rings (SSSR count). The quantitative estimate of drug-likeness (QED) is 0.866. The van der Waals surface area contributed by atoms with Gasteiger partial charge in [0, 0.05) is 12.1 Å². The van der Waals surface area contributed by atoms with Crippen LogP contribution in [0.5, 0.6) is 0 Å². The van der Waals surface area contributed by atoms with E-state index in [9.17, 15) is 27.2 Å². The highest BCUT2D eigenvalue weighted by atomic mass is 19.3. The van der Waals surface area contributed by atoms with E-state index >= 15 is 0 Å². The summed E-state index contributed by atoms with van der Waals surface area (Å²) in [6.45, 7) is 0. The number of halogens is 4. The summed E-state index contributed by atoms with van der Waals surface area (Å²) in [5, 5.41) is 8.98. The summed E-state index contributed by atoms with van der Waals surface area (Å²) in [7, 11) is 0. The van der Waals surface area contributed by atoms with Crippen molar-refractivity contribution >= 4 is 17.6 Å². The Morgan fingerprint density at radius 2 is 1.90 bits per heavy atom. The normalized spacial score (nSPS) is 18.2. The van der Waals surface area contributed by atoms with E-state index in [1.165, 1.54) is 24.3 Å². The van der Waals surface area contributed by atoms with Crippen LogP contribution in [0.15, 0.2) is 24.3 Å². The third kappa shape index (κ3) is 2.10. The molecule has 0 bridgehead atoms. The third-order valence-corrected chi connectivity index (χ3v) is 3.04. The highest BCUT2D eigenvalue weighted by Crippen LogP contribution is 2.36. The van der Waals surface area contributed by atoms with E-state index in [1.807, 2.05) is 0 Å². The van der Waals surface area contributed by atoms with Gasteiger partial charge in [0.1, 0.15) is 6.04 Å². The van der Waals surface area contributed by atoms with Crippen molar-refractivity contribution in [2.45, 2.75) is 24.8 Å². The standard InChI is InChI=1S/C12H9F4NO3/c13-10(14)12(15,16)11(20)17-7-4-2-1-3-6(7)5-8(17)9(18)19/h1-4,8,10H,5H2,(H,18,19). The van der Waals surface area contributed by atoms with Gasteiger partial charge in [-0.05, 0) is 11.6 Å². The molecule has 20 heavy (non-hydrogen) atoms. The lowest BCUT2D eigenvalue weighted by molar-refractivity contribution is -0.167. The molecule has 1 N–H and O–H groups in total. The number of hydrogen-bond donors (Lipinski definition) is 1. The molecule has 1 heterocycles. The number of aliphatic carboxylic acids is 1. The van der Waals surface area contributed by atoms with E-state index in [4.69, 9.17) is 5.11 Å². The predicted molar refractivity (Wildman–Crippen MR) is 60.0 cm³/mol. The predicted octanol–water partition coefficient (Wildman–Crippen LogP) is 1.93. The zero-order valence-electron chi connectivity index (χ0n) is 9.89. The van der Waals surface area contributed by atoms with Gasteiger partial charge in [0.25, 0.3) is 0 Å². The van der Waals surface area contributed by atoms with Crippen LogP contribution in [-0.4, -0.2) is 35.4 Å². The van der Waals surface area contributed by atoms with Gasteiger partial charge in [0.15, 0.2) is 0 Å². The topological polar surface area (TPSA) is 57.6 Å². The van der Waals surface area contributed by atoms with Crippen LogP contribution in [0.25, 0.3) is 0 Å². The SMILES string of the molecule is O=C(O)C1Cc2ccccc2N1C(=O)C(F)(F)C(F)F. The van der Waals surface area contributed by atoms with Crippen molar-refractivity contribution in [2.75, 3.05) is 4.90 Å². The fourth-order valence-electron chi connectivity index (χ4n) is 2.09. The maximum Gasteiger partial charge on any atom is 0.384 e. The molecule has 1 aliphatic heterocycles.